The maximum Gasteiger partial charge on any atom is 0.266 e. The van der Waals surface area contributed by atoms with Gasteiger partial charge >= 0.3 is 0 Å². The smallest absolute Gasteiger partial charge is 0.266 e. The highest BCUT2D eigenvalue weighted by Crippen LogP contribution is 2.26. The molecule has 0 radical (unpaired) electrons. The number of nitrogens with two attached hydrogens (primary N) is 1. The van der Waals surface area contributed by atoms with Crippen LogP contribution in [0.3, 0.4) is 0 Å². The van der Waals surface area contributed by atoms with Crippen molar-refractivity contribution in [1.82, 2.24) is 14.8 Å². The fraction of sp³-hybridized carbons (Fsp3) is 0.500. The van der Waals surface area contributed by atoms with Gasteiger partial charge in [0.25, 0.3) is 5.91 Å². The second kappa shape index (κ2) is 8.64. The number of rotatable bonds is 6. The topological polar surface area (TPSA) is 62.5 Å². The Bertz CT molecular complexity index is 723. The highest BCUT2D eigenvalue weighted by molar-refractivity contribution is 7.17. The van der Waals surface area contributed by atoms with Crippen LogP contribution in [0.5, 0.6) is 0 Å². The summed E-state index contributed by atoms with van der Waals surface area (Å²) in [5.41, 5.74) is 7.98. The van der Waals surface area contributed by atoms with Crippen LogP contribution in [-0.2, 0) is 12.8 Å². The van der Waals surface area contributed by atoms with Crippen LogP contribution in [0.15, 0.2) is 30.3 Å². The summed E-state index contributed by atoms with van der Waals surface area (Å²) < 4.78 is 0. The van der Waals surface area contributed by atoms with Crippen molar-refractivity contribution < 1.29 is 4.79 Å². The number of thiazole rings is 1. The molecule has 1 fully saturated rings. The quantitative estimate of drug-likeness (QED) is 0.846. The van der Waals surface area contributed by atoms with Gasteiger partial charge in [-0.15, -0.1) is 0 Å². The summed E-state index contributed by atoms with van der Waals surface area (Å²) in [7, 11) is 2.14. The Labute approximate surface area is 159 Å². The Morgan fingerprint density at radius 3 is 2.65 bits per heavy atom. The number of aromatic nitrogens is 1. The van der Waals surface area contributed by atoms with E-state index in [1.165, 1.54) is 16.9 Å². The molecule has 1 aromatic carbocycles. The predicted molar refractivity (Wildman–Crippen MR) is 108 cm³/mol. The van der Waals surface area contributed by atoms with Gasteiger partial charge in [-0.3, -0.25) is 4.79 Å². The highest BCUT2D eigenvalue weighted by atomic mass is 32.1. The molecule has 26 heavy (non-hydrogen) atoms. The SMILES string of the molecule is CCc1nc(N)sc1C(=O)N(CCc1ccccc1)C1CCN(C)CC1. The summed E-state index contributed by atoms with van der Waals surface area (Å²) in [5, 5.41) is 0.483. The monoisotopic (exact) mass is 372 g/mol. The number of carbonyl (C=O) groups excluding carboxylic acids is 1. The van der Waals surface area contributed by atoms with Gasteiger partial charge in [-0.1, -0.05) is 48.6 Å². The van der Waals surface area contributed by atoms with Gasteiger partial charge in [-0.05, 0) is 51.4 Å². The fourth-order valence-corrected chi connectivity index (χ4v) is 4.44. The number of anilines is 1. The van der Waals surface area contributed by atoms with Gasteiger partial charge in [-0.25, -0.2) is 4.98 Å². The highest BCUT2D eigenvalue weighted by Gasteiger charge is 2.30. The normalized spacial score (nSPS) is 15.9. The first kappa shape index (κ1) is 18.9. The van der Waals surface area contributed by atoms with Gasteiger partial charge in [0.2, 0.25) is 0 Å². The Morgan fingerprint density at radius 2 is 2.00 bits per heavy atom. The van der Waals surface area contributed by atoms with E-state index in [2.05, 4.69) is 46.1 Å². The molecule has 5 nitrogen and oxygen atoms in total. The largest absolute Gasteiger partial charge is 0.375 e. The van der Waals surface area contributed by atoms with Gasteiger partial charge in [0.05, 0.1) is 5.69 Å². The summed E-state index contributed by atoms with van der Waals surface area (Å²) >= 11 is 1.33. The molecule has 6 heteroatoms. The van der Waals surface area contributed by atoms with E-state index in [0.29, 0.717) is 5.13 Å². The zero-order valence-corrected chi connectivity index (χ0v) is 16.5. The number of aryl methyl sites for hydroxylation is 1. The van der Waals surface area contributed by atoms with Gasteiger partial charge in [0.1, 0.15) is 4.88 Å². The van der Waals surface area contributed by atoms with Gasteiger partial charge in [-0.2, -0.15) is 0 Å². The molecular formula is C20H28N4OS. The Morgan fingerprint density at radius 1 is 1.31 bits per heavy atom. The molecule has 1 saturated heterocycles. The second-order valence-corrected chi connectivity index (χ2v) is 7.98. The zero-order chi connectivity index (χ0) is 18.5. The number of likely N-dealkylation sites (tertiary alicyclic amines) is 1. The van der Waals surface area contributed by atoms with Crippen molar-refractivity contribution in [3.8, 4) is 0 Å². The summed E-state index contributed by atoms with van der Waals surface area (Å²) in [6.07, 6.45) is 3.64. The van der Waals surface area contributed by atoms with E-state index in [9.17, 15) is 4.79 Å². The molecule has 0 saturated carbocycles. The first-order valence-corrected chi connectivity index (χ1v) is 10.2. The molecule has 0 bridgehead atoms. The van der Waals surface area contributed by atoms with Crippen molar-refractivity contribution >= 4 is 22.4 Å². The molecule has 1 amide bonds. The number of hydrogen-bond donors (Lipinski definition) is 1. The van der Waals surface area contributed by atoms with Crippen molar-refractivity contribution in [2.24, 2.45) is 0 Å². The summed E-state index contributed by atoms with van der Waals surface area (Å²) in [6.45, 7) is 4.82. The maximum absolute atomic E-state index is 13.4. The Kier molecular flexibility index (Phi) is 6.27. The lowest BCUT2D eigenvalue weighted by Crippen LogP contribution is -2.47. The molecule has 0 unspecified atom stereocenters. The molecule has 1 aliphatic heterocycles. The minimum atomic E-state index is 0.0986. The third kappa shape index (κ3) is 4.43. The second-order valence-electron chi connectivity index (χ2n) is 6.95. The van der Waals surface area contributed by atoms with Crippen LogP contribution in [0.2, 0.25) is 0 Å². The van der Waals surface area contributed by atoms with E-state index < -0.39 is 0 Å². The molecule has 0 spiro atoms. The predicted octanol–water partition coefficient (Wildman–Crippen LogP) is 3.07. The van der Waals surface area contributed by atoms with Crippen LogP contribution < -0.4 is 5.73 Å². The Hall–Kier alpha value is -1.92. The summed E-state index contributed by atoms with van der Waals surface area (Å²) in [5.74, 6) is 0.0986. The van der Waals surface area contributed by atoms with Crippen LogP contribution in [0, 0.1) is 0 Å². The van der Waals surface area contributed by atoms with Gasteiger partial charge < -0.3 is 15.5 Å². The van der Waals surface area contributed by atoms with Crippen LogP contribution >= 0.6 is 11.3 Å². The molecule has 1 aromatic heterocycles. The van der Waals surface area contributed by atoms with Crippen LogP contribution in [0.4, 0.5) is 5.13 Å². The number of benzene rings is 1. The average molecular weight is 373 g/mol. The van der Waals surface area contributed by atoms with E-state index in [0.717, 1.165) is 55.9 Å². The Balaban J connectivity index is 1.80. The standard InChI is InChI=1S/C20H28N4OS/c1-3-17-18(26-20(21)22-17)19(25)24(16-10-12-23(2)13-11-16)14-9-15-7-5-4-6-8-15/h4-8,16H,3,9-14H2,1-2H3,(H2,21,22). The number of piperidine rings is 1. The third-order valence-corrected chi connectivity index (χ3v) is 6.03. The van der Waals surface area contributed by atoms with Crippen molar-refractivity contribution in [1.29, 1.82) is 0 Å². The fourth-order valence-electron chi connectivity index (χ4n) is 3.56. The number of carbonyl (C=O) groups is 1. The van der Waals surface area contributed by atoms with Crippen LogP contribution in [0.25, 0.3) is 0 Å². The number of hydrogen-bond acceptors (Lipinski definition) is 5. The first-order valence-electron chi connectivity index (χ1n) is 9.37. The van der Waals surface area contributed by atoms with Crippen LogP contribution in [0.1, 0.15) is 40.7 Å². The van der Waals surface area contributed by atoms with Crippen molar-refractivity contribution in [2.45, 2.75) is 38.6 Å². The lowest BCUT2D eigenvalue weighted by molar-refractivity contribution is 0.0598. The van der Waals surface area contributed by atoms with Gasteiger partial charge in [0.15, 0.2) is 5.13 Å². The lowest BCUT2D eigenvalue weighted by Gasteiger charge is -2.37. The van der Waals surface area contributed by atoms with Crippen molar-refractivity contribution in [2.75, 3.05) is 32.4 Å². The van der Waals surface area contributed by atoms with Gasteiger partial charge in [0, 0.05) is 12.6 Å². The maximum atomic E-state index is 13.4. The van der Waals surface area contributed by atoms with E-state index in [1.807, 2.05) is 13.0 Å². The summed E-state index contributed by atoms with van der Waals surface area (Å²) in [4.78, 5) is 22.8. The molecule has 0 atom stereocenters. The lowest BCUT2D eigenvalue weighted by atomic mass is 10.0. The molecular weight excluding hydrogens is 344 g/mol. The van der Waals surface area contributed by atoms with E-state index in [1.54, 1.807) is 0 Å². The zero-order valence-electron chi connectivity index (χ0n) is 15.6. The molecule has 2 aromatic rings. The molecule has 140 valence electrons. The molecule has 2 N–H and O–H groups in total. The number of nitrogen functional groups attached to an aromatic ring is 1. The van der Waals surface area contributed by atoms with E-state index in [4.69, 9.17) is 5.73 Å². The third-order valence-electron chi connectivity index (χ3n) is 5.12. The molecule has 1 aliphatic rings. The molecule has 3 rings (SSSR count). The minimum Gasteiger partial charge on any atom is -0.375 e. The van der Waals surface area contributed by atoms with E-state index in [-0.39, 0.29) is 11.9 Å². The minimum absolute atomic E-state index is 0.0986. The number of amides is 1. The molecule has 2 heterocycles. The summed E-state index contributed by atoms with van der Waals surface area (Å²) in [6, 6.07) is 10.7. The molecule has 0 aliphatic carbocycles. The van der Waals surface area contributed by atoms with Crippen LogP contribution in [-0.4, -0.2) is 53.4 Å². The number of nitrogens with zero attached hydrogens (tertiary/aromatic N) is 3. The van der Waals surface area contributed by atoms with E-state index >= 15 is 0 Å². The average Bonchev–Trinajstić information content (AvgIpc) is 3.05. The van der Waals surface area contributed by atoms with Crippen molar-refractivity contribution in [3.05, 3.63) is 46.5 Å². The first-order chi connectivity index (χ1) is 12.6. The van der Waals surface area contributed by atoms with Crippen molar-refractivity contribution in [3.63, 3.8) is 0 Å².